The minimum Gasteiger partial charge on any atom is -0.497 e. The minimum atomic E-state index is -0.264. The van der Waals surface area contributed by atoms with Crippen LogP contribution in [-0.2, 0) is 9.47 Å². The molecule has 0 aromatic heterocycles. The normalized spacial score (nSPS) is 15.2. The molecule has 0 spiro atoms. The van der Waals surface area contributed by atoms with Crippen LogP contribution in [0.25, 0.3) is 0 Å². The van der Waals surface area contributed by atoms with E-state index in [1.807, 2.05) is 0 Å². The zero-order chi connectivity index (χ0) is 17.9. The van der Waals surface area contributed by atoms with Gasteiger partial charge < -0.3 is 19.1 Å². The summed E-state index contributed by atoms with van der Waals surface area (Å²) >= 11 is 0. The van der Waals surface area contributed by atoms with Crippen molar-refractivity contribution in [1.29, 1.82) is 0 Å². The molecule has 0 atom stereocenters. The summed E-state index contributed by atoms with van der Waals surface area (Å²) in [7, 11) is 3.19. The Balaban J connectivity index is 1.91. The predicted molar refractivity (Wildman–Crippen MR) is 96.3 cm³/mol. The number of hydrogen-bond donors (Lipinski definition) is 1. The number of likely N-dealkylation sites (tertiary alicyclic amines) is 1. The highest BCUT2D eigenvalue weighted by Crippen LogP contribution is 2.11. The van der Waals surface area contributed by atoms with Gasteiger partial charge in [-0.25, -0.2) is 4.99 Å². The Kier molecular flexibility index (Phi) is 8.21. The SMILES string of the molecule is COCCOC(=NCCN1CCCC1)NC(=O)c1ccc(OC)cc1. The summed E-state index contributed by atoms with van der Waals surface area (Å²) in [4.78, 5) is 19.1. The van der Waals surface area contributed by atoms with Crippen LogP contribution in [0.4, 0.5) is 0 Å². The largest absolute Gasteiger partial charge is 0.497 e. The molecule has 1 aliphatic rings. The number of amidine groups is 1. The highest BCUT2D eigenvalue weighted by molar-refractivity contribution is 6.04. The standard InChI is InChI=1S/C18H27N3O4/c1-23-13-14-25-18(19-9-12-21-10-3-4-11-21)20-17(22)15-5-7-16(24-2)8-6-15/h5-8H,3-4,9-14H2,1-2H3,(H,19,20,22). The van der Waals surface area contributed by atoms with Crippen LogP contribution in [0.2, 0.25) is 0 Å². The molecule has 1 fully saturated rings. The Bertz CT molecular complexity index is 554. The quantitative estimate of drug-likeness (QED) is 0.438. The number of carbonyl (C=O) groups is 1. The lowest BCUT2D eigenvalue weighted by Gasteiger charge is -2.14. The zero-order valence-corrected chi connectivity index (χ0v) is 15.0. The van der Waals surface area contributed by atoms with Crippen LogP contribution in [0, 0.1) is 0 Å². The van der Waals surface area contributed by atoms with Crippen molar-refractivity contribution in [2.75, 3.05) is 53.6 Å². The van der Waals surface area contributed by atoms with E-state index >= 15 is 0 Å². The molecular weight excluding hydrogens is 322 g/mol. The van der Waals surface area contributed by atoms with E-state index in [1.54, 1.807) is 38.5 Å². The zero-order valence-electron chi connectivity index (χ0n) is 15.0. The summed E-state index contributed by atoms with van der Waals surface area (Å²) in [6.45, 7) is 4.47. The molecule has 1 N–H and O–H groups in total. The molecule has 1 aromatic carbocycles. The van der Waals surface area contributed by atoms with E-state index in [4.69, 9.17) is 14.2 Å². The van der Waals surface area contributed by atoms with Crippen molar-refractivity contribution in [3.63, 3.8) is 0 Å². The number of aliphatic imine (C=N–C) groups is 1. The van der Waals surface area contributed by atoms with E-state index in [1.165, 1.54) is 12.8 Å². The highest BCUT2D eigenvalue weighted by Gasteiger charge is 2.12. The van der Waals surface area contributed by atoms with Gasteiger partial charge in [-0.15, -0.1) is 0 Å². The highest BCUT2D eigenvalue weighted by atomic mass is 16.5. The van der Waals surface area contributed by atoms with Gasteiger partial charge in [-0.1, -0.05) is 0 Å². The van der Waals surface area contributed by atoms with Gasteiger partial charge in [0.1, 0.15) is 12.4 Å². The number of nitrogens with one attached hydrogen (secondary N) is 1. The van der Waals surface area contributed by atoms with E-state index in [9.17, 15) is 4.79 Å². The van der Waals surface area contributed by atoms with Crippen LogP contribution < -0.4 is 10.1 Å². The van der Waals surface area contributed by atoms with Crippen LogP contribution in [0.15, 0.2) is 29.3 Å². The molecule has 0 aliphatic carbocycles. The number of amides is 1. The second-order valence-corrected chi connectivity index (χ2v) is 5.76. The molecule has 7 nitrogen and oxygen atoms in total. The Morgan fingerprint density at radius 3 is 2.52 bits per heavy atom. The Hall–Kier alpha value is -2.12. The lowest BCUT2D eigenvalue weighted by molar-refractivity contribution is 0.0953. The van der Waals surface area contributed by atoms with Gasteiger partial charge in [0, 0.05) is 19.2 Å². The average molecular weight is 349 g/mol. The first-order valence-electron chi connectivity index (χ1n) is 8.57. The second-order valence-electron chi connectivity index (χ2n) is 5.76. The number of benzene rings is 1. The van der Waals surface area contributed by atoms with Gasteiger partial charge in [0.25, 0.3) is 11.9 Å². The predicted octanol–water partition coefficient (Wildman–Crippen LogP) is 1.54. The van der Waals surface area contributed by atoms with E-state index in [0.29, 0.717) is 31.1 Å². The molecule has 1 saturated heterocycles. The lowest BCUT2D eigenvalue weighted by atomic mass is 10.2. The van der Waals surface area contributed by atoms with Crippen molar-refractivity contribution in [1.82, 2.24) is 10.2 Å². The lowest BCUT2D eigenvalue weighted by Crippen LogP contribution is -2.34. The average Bonchev–Trinajstić information content (AvgIpc) is 3.15. The fourth-order valence-corrected chi connectivity index (χ4v) is 2.55. The van der Waals surface area contributed by atoms with Crippen molar-refractivity contribution >= 4 is 11.9 Å². The third kappa shape index (κ3) is 6.72. The monoisotopic (exact) mass is 349 g/mol. The summed E-state index contributed by atoms with van der Waals surface area (Å²) in [6, 6.07) is 7.11. The third-order valence-corrected chi connectivity index (χ3v) is 3.97. The number of ether oxygens (including phenoxy) is 3. The van der Waals surface area contributed by atoms with Gasteiger partial charge in [-0.05, 0) is 50.2 Å². The van der Waals surface area contributed by atoms with Gasteiger partial charge >= 0.3 is 0 Å². The van der Waals surface area contributed by atoms with Crippen LogP contribution in [-0.4, -0.2) is 70.4 Å². The second kappa shape index (κ2) is 10.7. The minimum absolute atomic E-state index is 0.233. The molecule has 1 aromatic rings. The van der Waals surface area contributed by atoms with Gasteiger partial charge in [-0.2, -0.15) is 0 Å². The fourth-order valence-electron chi connectivity index (χ4n) is 2.55. The fraction of sp³-hybridized carbons (Fsp3) is 0.556. The molecular formula is C18H27N3O4. The number of rotatable bonds is 8. The van der Waals surface area contributed by atoms with Crippen molar-refractivity contribution in [2.45, 2.75) is 12.8 Å². The van der Waals surface area contributed by atoms with Gasteiger partial charge in [0.05, 0.1) is 20.3 Å². The molecule has 2 rings (SSSR count). The Morgan fingerprint density at radius 1 is 1.16 bits per heavy atom. The summed E-state index contributed by atoms with van der Waals surface area (Å²) in [5.41, 5.74) is 0.517. The molecule has 0 bridgehead atoms. The van der Waals surface area contributed by atoms with Crippen LogP contribution in [0.5, 0.6) is 5.75 Å². The van der Waals surface area contributed by atoms with Crippen molar-refractivity contribution < 1.29 is 19.0 Å². The maximum Gasteiger partial charge on any atom is 0.291 e. The molecule has 138 valence electrons. The summed E-state index contributed by atoms with van der Waals surface area (Å²) in [6.07, 6.45) is 2.49. The maximum atomic E-state index is 12.4. The number of carbonyl (C=O) groups excluding carboxylic acids is 1. The van der Waals surface area contributed by atoms with Gasteiger partial charge in [-0.3, -0.25) is 10.1 Å². The Labute approximate surface area is 149 Å². The molecule has 0 saturated carbocycles. The van der Waals surface area contributed by atoms with Crippen molar-refractivity contribution in [3.8, 4) is 5.75 Å². The molecule has 1 amide bonds. The molecule has 25 heavy (non-hydrogen) atoms. The van der Waals surface area contributed by atoms with E-state index in [2.05, 4.69) is 15.2 Å². The van der Waals surface area contributed by atoms with E-state index < -0.39 is 0 Å². The first kappa shape index (κ1) is 19.2. The summed E-state index contributed by atoms with van der Waals surface area (Å²) in [5.74, 6) is 0.437. The topological polar surface area (TPSA) is 72.4 Å². The van der Waals surface area contributed by atoms with E-state index in [0.717, 1.165) is 19.6 Å². The molecule has 0 radical (unpaired) electrons. The third-order valence-electron chi connectivity index (χ3n) is 3.97. The van der Waals surface area contributed by atoms with E-state index in [-0.39, 0.29) is 11.9 Å². The van der Waals surface area contributed by atoms with Crippen molar-refractivity contribution in [3.05, 3.63) is 29.8 Å². The summed E-state index contributed by atoms with van der Waals surface area (Å²) in [5, 5.41) is 2.73. The first-order valence-corrected chi connectivity index (χ1v) is 8.57. The van der Waals surface area contributed by atoms with Crippen LogP contribution in [0.3, 0.4) is 0 Å². The maximum absolute atomic E-state index is 12.4. The van der Waals surface area contributed by atoms with Crippen LogP contribution in [0.1, 0.15) is 23.2 Å². The number of hydrogen-bond acceptors (Lipinski definition) is 6. The molecule has 7 heteroatoms. The molecule has 0 unspecified atom stereocenters. The first-order chi connectivity index (χ1) is 12.2. The van der Waals surface area contributed by atoms with Crippen molar-refractivity contribution in [2.24, 2.45) is 4.99 Å². The van der Waals surface area contributed by atoms with Gasteiger partial charge in [0.2, 0.25) is 0 Å². The van der Waals surface area contributed by atoms with Gasteiger partial charge in [0.15, 0.2) is 0 Å². The number of nitrogens with zero attached hydrogens (tertiary/aromatic N) is 2. The Morgan fingerprint density at radius 2 is 1.88 bits per heavy atom. The summed E-state index contributed by atoms with van der Waals surface area (Å²) < 4.78 is 15.6. The number of methoxy groups -OCH3 is 2. The smallest absolute Gasteiger partial charge is 0.291 e. The molecule has 1 heterocycles. The van der Waals surface area contributed by atoms with Crippen LogP contribution >= 0.6 is 0 Å². The molecule has 1 aliphatic heterocycles.